The highest BCUT2D eigenvalue weighted by atomic mass is 16.5. The van der Waals surface area contributed by atoms with Crippen LogP contribution in [0.25, 0.3) is 0 Å². The number of benzene rings is 1. The summed E-state index contributed by atoms with van der Waals surface area (Å²) in [7, 11) is 0. The number of carboxylic acid groups (broad SMARTS) is 1. The Morgan fingerprint density at radius 3 is 2.75 bits per heavy atom. The summed E-state index contributed by atoms with van der Waals surface area (Å²) >= 11 is 0. The third-order valence-corrected chi connectivity index (χ3v) is 1.47. The Bertz CT molecular complexity index is 285. The Hall–Kier alpha value is -1.55. The standard InChI is InChI=1S/C8H9NO3/c10-8(11)5-6-3-1-2-4-7(6)9-12/h1-4,9,12H,5H2,(H,10,11)/p-1. The number of hydrogen-bond acceptors (Lipinski definition) is 4. The van der Waals surface area contributed by atoms with Gasteiger partial charge in [0, 0.05) is 12.4 Å². The third-order valence-electron chi connectivity index (χ3n) is 1.47. The summed E-state index contributed by atoms with van der Waals surface area (Å²) in [5.74, 6) is -1.17. The molecule has 4 heteroatoms. The second-order valence-electron chi connectivity index (χ2n) is 2.32. The lowest BCUT2D eigenvalue weighted by Crippen LogP contribution is -2.24. The first-order valence-corrected chi connectivity index (χ1v) is 3.42. The molecule has 0 aliphatic rings. The Kier molecular flexibility index (Phi) is 2.66. The number of carbonyl (C=O) groups is 1. The largest absolute Gasteiger partial charge is 0.550 e. The lowest BCUT2D eigenvalue weighted by molar-refractivity contribution is -0.304. The molecule has 0 fully saturated rings. The van der Waals surface area contributed by atoms with Crippen molar-refractivity contribution in [2.45, 2.75) is 6.42 Å². The zero-order chi connectivity index (χ0) is 8.97. The molecule has 1 aromatic carbocycles. The minimum absolute atomic E-state index is 0.205. The zero-order valence-electron chi connectivity index (χ0n) is 6.28. The van der Waals surface area contributed by atoms with E-state index in [1.165, 1.54) is 0 Å². The van der Waals surface area contributed by atoms with Gasteiger partial charge in [0.25, 0.3) is 0 Å². The predicted molar refractivity (Wildman–Crippen MR) is 40.6 cm³/mol. The van der Waals surface area contributed by atoms with Gasteiger partial charge < -0.3 is 9.90 Å². The molecule has 12 heavy (non-hydrogen) atoms. The highest BCUT2D eigenvalue weighted by Crippen LogP contribution is 2.13. The van der Waals surface area contributed by atoms with Crippen molar-refractivity contribution in [2.24, 2.45) is 0 Å². The highest BCUT2D eigenvalue weighted by Gasteiger charge is 1.99. The number of hydrogen-bond donors (Lipinski definition) is 2. The Morgan fingerprint density at radius 2 is 2.17 bits per heavy atom. The topological polar surface area (TPSA) is 72.4 Å². The van der Waals surface area contributed by atoms with E-state index in [9.17, 15) is 9.90 Å². The normalized spacial score (nSPS) is 9.42. The van der Waals surface area contributed by atoms with E-state index in [0.717, 1.165) is 0 Å². The van der Waals surface area contributed by atoms with Crippen LogP contribution < -0.4 is 10.6 Å². The van der Waals surface area contributed by atoms with Gasteiger partial charge in [-0.25, -0.2) is 0 Å². The van der Waals surface area contributed by atoms with E-state index in [-0.39, 0.29) is 6.42 Å². The minimum atomic E-state index is -1.17. The van der Waals surface area contributed by atoms with Crippen molar-refractivity contribution < 1.29 is 15.1 Å². The number of carboxylic acids is 1. The molecule has 0 aliphatic heterocycles. The van der Waals surface area contributed by atoms with E-state index in [2.05, 4.69) is 0 Å². The summed E-state index contributed by atoms with van der Waals surface area (Å²) in [6, 6.07) is 6.57. The molecule has 4 nitrogen and oxygen atoms in total. The Balaban J connectivity index is 2.89. The fraction of sp³-hybridized carbons (Fsp3) is 0.125. The maximum absolute atomic E-state index is 10.2. The molecule has 2 N–H and O–H groups in total. The summed E-state index contributed by atoms with van der Waals surface area (Å²) in [4.78, 5) is 10.2. The summed E-state index contributed by atoms with van der Waals surface area (Å²) < 4.78 is 0. The molecular formula is C8H8NO3-. The van der Waals surface area contributed by atoms with Crippen LogP contribution in [0.3, 0.4) is 0 Å². The number of nitrogens with one attached hydrogen (secondary N) is 1. The number of anilines is 1. The van der Waals surface area contributed by atoms with Crippen LogP contribution in [0.15, 0.2) is 24.3 Å². The average Bonchev–Trinajstić information content (AvgIpc) is 2.04. The molecule has 0 spiro atoms. The van der Waals surface area contributed by atoms with Crippen LogP contribution in [0, 0.1) is 0 Å². The van der Waals surface area contributed by atoms with E-state index >= 15 is 0 Å². The first kappa shape index (κ1) is 8.55. The average molecular weight is 166 g/mol. The maximum atomic E-state index is 10.2. The van der Waals surface area contributed by atoms with Crippen LogP contribution in [-0.2, 0) is 11.2 Å². The second-order valence-corrected chi connectivity index (χ2v) is 2.32. The number of rotatable bonds is 3. The summed E-state index contributed by atoms with van der Waals surface area (Å²) in [6.45, 7) is 0. The molecule has 0 heterocycles. The Labute approximate surface area is 69.4 Å². The molecule has 0 aromatic heterocycles. The van der Waals surface area contributed by atoms with Crippen LogP contribution in [0.4, 0.5) is 5.69 Å². The molecule has 0 aliphatic carbocycles. The smallest absolute Gasteiger partial charge is 0.0637 e. The van der Waals surface area contributed by atoms with Gasteiger partial charge in [0.15, 0.2) is 0 Å². The van der Waals surface area contributed by atoms with Gasteiger partial charge in [-0.1, -0.05) is 18.2 Å². The van der Waals surface area contributed by atoms with Crippen molar-refractivity contribution in [1.29, 1.82) is 0 Å². The van der Waals surface area contributed by atoms with Crippen LogP contribution in [-0.4, -0.2) is 11.2 Å². The van der Waals surface area contributed by atoms with E-state index in [4.69, 9.17) is 5.21 Å². The van der Waals surface area contributed by atoms with Gasteiger partial charge in [-0.15, -0.1) is 0 Å². The minimum Gasteiger partial charge on any atom is -0.550 e. The number of aliphatic carboxylic acids is 1. The van der Waals surface area contributed by atoms with Gasteiger partial charge >= 0.3 is 0 Å². The Morgan fingerprint density at radius 1 is 1.50 bits per heavy atom. The summed E-state index contributed by atoms with van der Waals surface area (Å²) in [5, 5.41) is 18.8. The SMILES string of the molecule is O=C([O-])Cc1ccccc1NO. The van der Waals surface area contributed by atoms with Gasteiger partial charge in [0.2, 0.25) is 0 Å². The second kappa shape index (κ2) is 3.73. The van der Waals surface area contributed by atoms with Gasteiger partial charge in [0.05, 0.1) is 5.69 Å². The van der Waals surface area contributed by atoms with Crippen molar-refractivity contribution in [3.63, 3.8) is 0 Å². The zero-order valence-corrected chi connectivity index (χ0v) is 6.28. The van der Waals surface area contributed by atoms with Crippen LogP contribution in [0.5, 0.6) is 0 Å². The number of carbonyl (C=O) groups excluding carboxylic acids is 1. The summed E-state index contributed by atoms with van der Waals surface area (Å²) in [6.07, 6.45) is -0.205. The third kappa shape index (κ3) is 1.96. The first-order valence-electron chi connectivity index (χ1n) is 3.42. The van der Waals surface area contributed by atoms with Gasteiger partial charge in [-0.2, -0.15) is 0 Å². The predicted octanol–water partition coefficient (Wildman–Crippen LogP) is -0.220. The van der Waals surface area contributed by atoms with Crippen molar-refractivity contribution in [1.82, 2.24) is 0 Å². The van der Waals surface area contributed by atoms with Crippen LogP contribution in [0.1, 0.15) is 5.56 Å². The molecule has 1 rings (SSSR count). The molecule has 0 saturated carbocycles. The monoisotopic (exact) mass is 166 g/mol. The van der Waals surface area contributed by atoms with Gasteiger partial charge in [0.1, 0.15) is 0 Å². The van der Waals surface area contributed by atoms with E-state index in [1.807, 2.05) is 5.48 Å². The molecule has 0 radical (unpaired) electrons. The van der Waals surface area contributed by atoms with Gasteiger partial charge in [-0.3, -0.25) is 10.7 Å². The maximum Gasteiger partial charge on any atom is 0.0637 e. The van der Waals surface area contributed by atoms with Gasteiger partial charge in [-0.05, 0) is 11.6 Å². The lowest BCUT2D eigenvalue weighted by atomic mass is 10.1. The fourth-order valence-electron chi connectivity index (χ4n) is 0.939. The fourth-order valence-corrected chi connectivity index (χ4v) is 0.939. The van der Waals surface area contributed by atoms with Crippen LogP contribution >= 0.6 is 0 Å². The molecule has 0 unspecified atom stereocenters. The van der Waals surface area contributed by atoms with E-state index in [0.29, 0.717) is 11.3 Å². The van der Waals surface area contributed by atoms with Crippen molar-refractivity contribution in [2.75, 3.05) is 5.48 Å². The summed E-state index contributed by atoms with van der Waals surface area (Å²) in [5.41, 5.74) is 2.80. The molecule has 0 atom stereocenters. The molecular weight excluding hydrogens is 158 g/mol. The van der Waals surface area contributed by atoms with Crippen LogP contribution in [0.2, 0.25) is 0 Å². The quantitative estimate of drug-likeness (QED) is 0.609. The molecule has 1 aromatic rings. The lowest BCUT2D eigenvalue weighted by Gasteiger charge is -2.07. The van der Waals surface area contributed by atoms with E-state index in [1.54, 1.807) is 24.3 Å². The highest BCUT2D eigenvalue weighted by molar-refractivity contribution is 5.71. The van der Waals surface area contributed by atoms with Crippen molar-refractivity contribution >= 4 is 11.7 Å². The van der Waals surface area contributed by atoms with Crippen molar-refractivity contribution in [3.8, 4) is 0 Å². The molecule has 0 saturated heterocycles. The molecule has 0 amide bonds. The number of para-hydroxylation sites is 1. The first-order chi connectivity index (χ1) is 5.74. The van der Waals surface area contributed by atoms with E-state index < -0.39 is 5.97 Å². The molecule has 64 valence electrons. The molecule has 0 bridgehead atoms. The van der Waals surface area contributed by atoms with Crippen molar-refractivity contribution in [3.05, 3.63) is 29.8 Å².